The van der Waals surface area contributed by atoms with Gasteiger partial charge in [0.1, 0.15) is 11.6 Å². The lowest BCUT2D eigenvalue weighted by atomic mass is 10.1. The summed E-state index contributed by atoms with van der Waals surface area (Å²) in [6.45, 7) is 6.08. The van der Waals surface area contributed by atoms with Crippen molar-refractivity contribution >= 4 is 34.7 Å². The number of nitrogens with one attached hydrogen (secondary N) is 2. The summed E-state index contributed by atoms with van der Waals surface area (Å²) >= 11 is 6.18. The summed E-state index contributed by atoms with van der Waals surface area (Å²) in [5.74, 6) is 1.86. The summed E-state index contributed by atoms with van der Waals surface area (Å²) in [7, 11) is 1.59. The third-order valence-corrected chi connectivity index (χ3v) is 4.29. The highest BCUT2D eigenvalue weighted by molar-refractivity contribution is 6.32. The maximum absolute atomic E-state index is 6.18. The average molecular weight is 369 g/mol. The van der Waals surface area contributed by atoms with Crippen molar-refractivity contribution in [3.05, 3.63) is 64.3 Å². The van der Waals surface area contributed by atoms with Gasteiger partial charge in [0.15, 0.2) is 0 Å². The Morgan fingerprint density at radius 3 is 2.31 bits per heavy atom. The number of aryl methyl sites for hydroxylation is 3. The van der Waals surface area contributed by atoms with Gasteiger partial charge in [0.2, 0.25) is 5.95 Å². The highest BCUT2D eigenvalue weighted by Gasteiger charge is 2.08. The van der Waals surface area contributed by atoms with E-state index in [-0.39, 0.29) is 0 Å². The Labute approximate surface area is 158 Å². The third-order valence-electron chi connectivity index (χ3n) is 4.00. The molecule has 6 heteroatoms. The van der Waals surface area contributed by atoms with E-state index in [9.17, 15) is 0 Å². The van der Waals surface area contributed by atoms with E-state index in [0.717, 1.165) is 34.0 Å². The molecule has 3 rings (SSSR count). The van der Waals surface area contributed by atoms with Gasteiger partial charge in [-0.1, -0.05) is 29.8 Å². The summed E-state index contributed by atoms with van der Waals surface area (Å²) in [6.07, 6.45) is 0. The highest BCUT2D eigenvalue weighted by atomic mass is 35.5. The van der Waals surface area contributed by atoms with Gasteiger partial charge < -0.3 is 15.4 Å². The van der Waals surface area contributed by atoms with E-state index >= 15 is 0 Å². The van der Waals surface area contributed by atoms with Crippen LogP contribution in [0.3, 0.4) is 0 Å². The van der Waals surface area contributed by atoms with Gasteiger partial charge in [-0.05, 0) is 50.1 Å². The van der Waals surface area contributed by atoms with Crippen molar-refractivity contribution in [1.82, 2.24) is 9.97 Å². The molecule has 0 aliphatic heterocycles. The lowest BCUT2D eigenvalue weighted by molar-refractivity contribution is 0.415. The number of methoxy groups -OCH3 is 1. The summed E-state index contributed by atoms with van der Waals surface area (Å²) < 4.78 is 5.18. The molecule has 0 aliphatic rings. The lowest BCUT2D eigenvalue weighted by Gasteiger charge is -2.14. The van der Waals surface area contributed by atoms with Gasteiger partial charge in [0.25, 0.3) is 0 Å². The van der Waals surface area contributed by atoms with Crippen LogP contribution in [0.4, 0.5) is 23.1 Å². The Morgan fingerprint density at radius 1 is 0.923 bits per heavy atom. The van der Waals surface area contributed by atoms with Crippen LogP contribution in [0.2, 0.25) is 5.02 Å². The zero-order chi connectivity index (χ0) is 18.7. The molecule has 0 fully saturated rings. The van der Waals surface area contributed by atoms with Crippen LogP contribution in [0.25, 0.3) is 0 Å². The molecule has 3 aromatic rings. The molecule has 0 radical (unpaired) electrons. The van der Waals surface area contributed by atoms with E-state index in [2.05, 4.69) is 46.6 Å². The molecule has 1 aromatic heterocycles. The molecular weight excluding hydrogens is 348 g/mol. The maximum Gasteiger partial charge on any atom is 0.229 e. The summed E-state index contributed by atoms with van der Waals surface area (Å²) in [5.41, 5.74) is 5.04. The second-order valence-corrected chi connectivity index (χ2v) is 6.49. The standard InChI is InChI=1S/C20H21ClN4O/c1-12-6-5-7-13(2)19(12)24-18-10-14(3)22-20(25-18)23-15-8-9-17(26-4)16(21)11-15/h5-11H,1-4H3,(H2,22,23,24,25). The van der Waals surface area contributed by atoms with Crippen LogP contribution >= 0.6 is 11.6 Å². The first-order valence-electron chi connectivity index (χ1n) is 8.26. The second kappa shape index (κ2) is 7.62. The van der Waals surface area contributed by atoms with Crippen molar-refractivity contribution in [2.75, 3.05) is 17.7 Å². The molecule has 0 saturated carbocycles. The number of nitrogens with zero attached hydrogens (tertiary/aromatic N) is 2. The average Bonchev–Trinajstić information content (AvgIpc) is 2.58. The van der Waals surface area contributed by atoms with E-state index in [1.807, 2.05) is 25.1 Å². The Balaban J connectivity index is 1.87. The van der Waals surface area contributed by atoms with Crippen molar-refractivity contribution in [3.63, 3.8) is 0 Å². The number of rotatable bonds is 5. The minimum Gasteiger partial charge on any atom is -0.495 e. The van der Waals surface area contributed by atoms with Crippen molar-refractivity contribution < 1.29 is 4.74 Å². The largest absolute Gasteiger partial charge is 0.495 e. The topological polar surface area (TPSA) is 59.1 Å². The first-order chi connectivity index (χ1) is 12.5. The summed E-state index contributed by atoms with van der Waals surface area (Å²) in [5, 5.41) is 7.12. The SMILES string of the molecule is COc1ccc(Nc2nc(C)cc(Nc3c(C)cccc3C)n2)cc1Cl. The van der Waals surface area contributed by atoms with Crippen LogP contribution < -0.4 is 15.4 Å². The van der Waals surface area contributed by atoms with Crippen molar-refractivity contribution in [3.8, 4) is 5.75 Å². The summed E-state index contributed by atoms with van der Waals surface area (Å²) in [6, 6.07) is 13.6. The maximum atomic E-state index is 6.18. The van der Waals surface area contributed by atoms with E-state index < -0.39 is 0 Å². The minimum absolute atomic E-state index is 0.500. The molecular formula is C20H21ClN4O. The van der Waals surface area contributed by atoms with Gasteiger partial charge in [0.05, 0.1) is 12.1 Å². The molecule has 0 bridgehead atoms. The predicted octanol–water partition coefficient (Wildman–Crippen LogP) is 5.55. The highest BCUT2D eigenvalue weighted by Crippen LogP contribution is 2.29. The number of hydrogen-bond donors (Lipinski definition) is 2. The van der Waals surface area contributed by atoms with Gasteiger partial charge >= 0.3 is 0 Å². The molecule has 1 heterocycles. The van der Waals surface area contributed by atoms with Gasteiger partial charge in [-0.15, -0.1) is 0 Å². The van der Waals surface area contributed by atoms with Crippen LogP contribution in [0.1, 0.15) is 16.8 Å². The molecule has 134 valence electrons. The monoisotopic (exact) mass is 368 g/mol. The number of halogens is 1. The zero-order valence-electron chi connectivity index (χ0n) is 15.2. The quantitative estimate of drug-likeness (QED) is 0.618. The first-order valence-corrected chi connectivity index (χ1v) is 8.63. The Bertz CT molecular complexity index is 923. The number of anilines is 4. The Kier molecular flexibility index (Phi) is 5.28. The molecule has 2 aromatic carbocycles. The fourth-order valence-corrected chi connectivity index (χ4v) is 2.96. The molecule has 26 heavy (non-hydrogen) atoms. The van der Waals surface area contributed by atoms with E-state index in [4.69, 9.17) is 16.3 Å². The molecule has 2 N–H and O–H groups in total. The molecule has 0 aliphatic carbocycles. The number of hydrogen-bond acceptors (Lipinski definition) is 5. The van der Waals surface area contributed by atoms with Crippen LogP contribution in [-0.2, 0) is 0 Å². The number of benzene rings is 2. The molecule has 0 atom stereocenters. The number of aromatic nitrogens is 2. The Hall–Kier alpha value is -2.79. The summed E-state index contributed by atoms with van der Waals surface area (Å²) in [4.78, 5) is 9.02. The van der Waals surface area contributed by atoms with Gasteiger partial charge in [-0.2, -0.15) is 4.98 Å². The second-order valence-electron chi connectivity index (χ2n) is 6.08. The minimum atomic E-state index is 0.500. The normalized spacial score (nSPS) is 10.5. The number of ether oxygens (including phenoxy) is 1. The zero-order valence-corrected chi connectivity index (χ0v) is 16.0. The van der Waals surface area contributed by atoms with Gasteiger partial charge in [0, 0.05) is 23.1 Å². The van der Waals surface area contributed by atoms with Crippen LogP contribution in [0, 0.1) is 20.8 Å². The molecule has 5 nitrogen and oxygen atoms in total. The fourth-order valence-electron chi connectivity index (χ4n) is 2.70. The third kappa shape index (κ3) is 4.06. The van der Waals surface area contributed by atoms with E-state index in [0.29, 0.717) is 16.7 Å². The van der Waals surface area contributed by atoms with Crippen molar-refractivity contribution in [1.29, 1.82) is 0 Å². The predicted molar refractivity (Wildman–Crippen MR) is 107 cm³/mol. The molecule has 0 unspecified atom stereocenters. The number of para-hydroxylation sites is 1. The van der Waals surface area contributed by atoms with Crippen LogP contribution in [0.5, 0.6) is 5.75 Å². The fraction of sp³-hybridized carbons (Fsp3) is 0.200. The molecule has 0 amide bonds. The molecule has 0 saturated heterocycles. The molecule has 0 spiro atoms. The van der Waals surface area contributed by atoms with Crippen LogP contribution in [-0.4, -0.2) is 17.1 Å². The van der Waals surface area contributed by atoms with Crippen molar-refractivity contribution in [2.45, 2.75) is 20.8 Å². The lowest BCUT2D eigenvalue weighted by Crippen LogP contribution is -2.04. The smallest absolute Gasteiger partial charge is 0.229 e. The Morgan fingerprint density at radius 2 is 1.65 bits per heavy atom. The van der Waals surface area contributed by atoms with E-state index in [1.165, 1.54) is 0 Å². The van der Waals surface area contributed by atoms with Gasteiger partial charge in [-0.3, -0.25) is 0 Å². The van der Waals surface area contributed by atoms with Crippen LogP contribution in [0.15, 0.2) is 42.5 Å². The van der Waals surface area contributed by atoms with E-state index in [1.54, 1.807) is 19.2 Å². The first kappa shape index (κ1) is 18.0. The van der Waals surface area contributed by atoms with Gasteiger partial charge in [-0.25, -0.2) is 4.98 Å². The van der Waals surface area contributed by atoms with Crippen molar-refractivity contribution in [2.24, 2.45) is 0 Å².